The zero-order valence-corrected chi connectivity index (χ0v) is 37.3. The quantitative estimate of drug-likeness (QED) is 0.154. The Hall–Kier alpha value is -7.33. The molecule has 10 bridgehead atoms. The van der Waals surface area contributed by atoms with Gasteiger partial charge in [0.25, 0.3) is 0 Å². The molecule has 0 radical (unpaired) electrons. The van der Waals surface area contributed by atoms with E-state index in [2.05, 4.69) is 139 Å². The van der Waals surface area contributed by atoms with E-state index in [0.717, 1.165) is 54.9 Å². The molecule has 312 valence electrons. The standard InChI is InChI=1S/C58H41N4O.Pt/c1-58(2,3)41-18-11-16-39(34-41)46-24-13-25-50-47-22-5-4-21-45(47)38-15-10-17-40(33-38)51-26-14-30-56(59-51)62-52-27-7-6-23-48(52)49-32-31-44(36-55(49)62)63-43-20-12-19-42(35-43)60-37-61(57(46)50)54-29-9-8-28-53(54)60;/h4-34,37H,1-3H3;/q-3;/i6D,7D,23D,27D,31D,32D;. The fraction of sp³-hybridized carbons (Fsp3) is 0.0690. The van der Waals surface area contributed by atoms with E-state index in [-0.39, 0.29) is 83.6 Å². The Labute approximate surface area is 393 Å². The number of hydrogen-bond acceptors (Lipinski definition) is 2. The third-order valence-corrected chi connectivity index (χ3v) is 12.0. The third kappa shape index (κ3) is 6.58. The van der Waals surface area contributed by atoms with Crippen molar-refractivity contribution in [1.82, 2.24) is 18.5 Å². The zero-order chi connectivity index (χ0) is 47.5. The van der Waals surface area contributed by atoms with E-state index < -0.39 is 12.1 Å². The molecule has 8 aromatic carbocycles. The molecular weight excluding hydrogens is 964 g/mol. The molecule has 12 rings (SSSR count). The molecular formula is C58H41N4OPt-3. The first-order chi connectivity index (χ1) is 33.4. The number of nitrogens with zero attached hydrogens (tertiary/aromatic N) is 4. The number of imidazole rings is 1. The van der Waals surface area contributed by atoms with Crippen molar-refractivity contribution in [1.29, 1.82) is 0 Å². The summed E-state index contributed by atoms with van der Waals surface area (Å²) >= 11 is 0. The molecule has 1 aliphatic heterocycles. The fourth-order valence-electron chi connectivity index (χ4n) is 8.93. The van der Waals surface area contributed by atoms with Crippen molar-refractivity contribution < 1.29 is 33.7 Å². The maximum absolute atomic E-state index is 9.41. The molecule has 1 aliphatic rings. The second kappa shape index (κ2) is 15.5. The molecule has 11 aromatic rings. The molecule has 0 saturated heterocycles. The number of benzene rings is 8. The molecule has 64 heavy (non-hydrogen) atoms. The van der Waals surface area contributed by atoms with Crippen molar-refractivity contribution >= 4 is 82.1 Å². The van der Waals surface area contributed by atoms with Crippen LogP contribution in [-0.4, -0.2) is 18.5 Å². The second-order valence-electron chi connectivity index (χ2n) is 16.9. The topological polar surface area (TPSA) is 40.3 Å². The first kappa shape index (κ1) is 33.3. The van der Waals surface area contributed by atoms with Crippen LogP contribution in [0.15, 0.2) is 199 Å². The van der Waals surface area contributed by atoms with Crippen LogP contribution < -0.4 is 0 Å². The third-order valence-electron chi connectivity index (χ3n) is 12.0. The largest absolute Gasteiger partial charge is 0.510 e. The Morgan fingerprint density at radius 2 is 1.33 bits per heavy atom. The maximum Gasteiger partial charge on any atom is 0.136 e. The Kier molecular flexibility index (Phi) is 8.04. The van der Waals surface area contributed by atoms with Crippen LogP contribution in [0.3, 0.4) is 0 Å². The summed E-state index contributed by atoms with van der Waals surface area (Å²) in [6.07, 6.45) is 2.09. The molecule has 0 amide bonds. The van der Waals surface area contributed by atoms with Crippen LogP contribution >= 0.6 is 0 Å². The van der Waals surface area contributed by atoms with Gasteiger partial charge >= 0.3 is 0 Å². The van der Waals surface area contributed by atoms with Crippen molar-refractivity contribution in [2.75, 3.05) is 0 Å². The summed E-state index contributed by atoms with van der Waals surface area (Å²) in [7, 11) is 0. The molecule has 0 aliphatic carbocycles. The molecule has 3 aromatic heterocycles. The van der Waals surface area contributed by atoms with E-state index in [1.807, 2.05) is 48.5 Å². The van der Waals surface area contributed by atoms with Crippen LogP contribution in [-0.2, 0) is 26.5 Å². The summed E-state index contributed by atoms with van der Waals surface area (Å²) in [4.78, 5) is 5.17. The van der Waals surface area contributed by atoms with E-state index in [1.165, 1.54) is 5.56 Å². The van der Waals surface area contributed by atoms with Crippen LogP contribution in [0.1, 0.15) is 34.6 Å². The molecule has 0 fully saturated rings. The minimum Gasteiger partial charge on any atom is -0.510 e. The van der Waals surface area contributed by atoms with Crippen molar-refractivity contribution in [3.63, 3.8) is 0 Å². The van der Waals surface area contributed by atoms with Crippen LogP contribution in [0, 0.1) is 12.1 Å². The van der Waals surface area contributed by atoms with E-state index in [9.17, 15) is 4.11 Å². The predicted molar refractivity (Wildman–Crippen MR) is 261 cm³/mol. The van der Waals surface area contributed by atoms with Crippen molar-refractivity contribution in [3.8, 4) is 22.5 Å². The summed E-state index contributed by atoms with van der Waals surface area (Å²) in [6.45, 7) is 6.70. The summed E-state index contributed by atoms with van der Waals surface area (Å²) < 4.78 is 66.7. The smallest absolute Gasteiger partial charge is 0.136 e. The number of pyridine rings is 1. The van der Waals surface area contributed by atoms with E-state index in [1.54, 1.807) is 16.5 Å². The molecule has 0 atom stereocenters. The predicted octanol–water partition coefficient (Wildman–Crippen LogP) is 15.1. The monoisotopic (exact) mass is 1010 g/mol. The van der Waals surface area contributed by atoms with Crippen LogP contribution in [0.5, 0.6) is 0 Å². The van der Waals surface area contributed by atoms with Crippen molar-refractivity contribution in [2.45, 2.75) is 26.2 Å². The van der Waals surface area contributed by atoms with Gasteiger partial charge in [-0.2, -0.15) is 24.2 Å². The number of rotatable bonds is 1. The number of fused-ring (bicyclic) bond motifs is 23. The number of aromatic nitrogens is 4. The summed E-state index contributed by atoms with van der Waals surface area (Å²) in [5.41, 5.74) is 8.31. The molecule has 5 nitrogen and oxygen atoms in total. The van der Waals surface area contributed by atoms with Gasteiger partial charge in [0, 0.05) is 50.8 Å². The normalized spacial score (nSPS) is 13.2. The number of hydrogen-bond donors (Lipinski definition) is 0. The van der Waals surface area contributed by atoms with Gasteiger partial charge in [-0.3, -0.25) is 0 Å². The minimum absolute atomic E-state index is 0. The second-order valence-corrected chi connectivity index (χ2v) is 16.9. The van der Waals surface area contributed by atoms with Crippen LogP contribution in [0.25, 0.3) is 105 Å². The van der Waals surface area contributed by atoms with Gasteiger partial charge in [0.1, 0.15) is 5.65 Å². The molecule has 0 saturated carbocycles. The van der Waals surface area contributed by atoms with Gasteiger partial charge in [0.15, 0.2) is 0 Å². The van der Waals surface area contributed by atoms with Gasteiger partial charge in [-0.15, -0.1) is 29.1 Å². The van der Waals surface area contributed by atoms with E-state index >= 15 is 0 Å². The van der Waals surface area contributed by atoms with Gasteiger partial charge in [0.05, 0.1) is 11.0 Å². The maximum atomic E-state index is 9.41. The van der Waals surface area contributed by atoms with Crippen molar-refractivity contribution in [3.05, 3.63) is 212 Å². The molecule has 6 heteroatoms. The van der Waals surface area contributed by atoms with Gasteiger partial charge < -0.3 is 18.0 Å². The molecule has 0 spiro atoms. The molecule has 0 N–H and O–H groups in total. The average molecular weight is 1010 g/mol. The zero-order valence-electron chi connectivity index (χ0n) is 41.0. The van der Waals surface area contributed by atoms with Gasteiger partial charge in [-0.05, 0) is 91.5 Å². The number of para-hydroxylation sites is 4. The Morgan fingerprint density at radius 3 is 2.20 bits per heavy atom. The first-order valence-electron chi connectivity index (χ1n) is 24.0. The van der Waals surface area contributed by atoms with E-state index in [0.29, 0.717) is 16.7 Å². The molecule has 4 heterocycles. The van der Waals surface area contributed by atoms with Crippen LogP contribution in [0.4, 0.5) is 0 Å². The van der Waals surface area contributed by atoms with Gasteiger partial charge in [-0.25, -0.2) is 4.98 Å². The summed E-state index contributed by atoms with van der Waals surface area (Å²) in [5, 5.41) is 5.09. The van der Waals surface area contributed by atoms with Crippen molar-refractivity contribution in [2.24, 2.45) is 0 Å². The van der Waals surface area contributed by atoms with Crippen LogP contribution in [0.2, 0.25) is 0 Å². The molecule has 0 unspecified atom stereocenters. The average Bonchev–Trinajstić information content (AvgIpc) is 3.93. The Morgan fingerprint density at radius 1 is 0.594 bits per heavy atom. The summed E-state index contributed by atoms with van der Waals surface area (Å²) in [6, 6.07) is 56.0. The first-order valence-corrected chi connectivity index (χ1v) is 21.0. The Bertz CT molecular complexity index is 4280. The SMILES string of the molecule is [2H]c1c([2H])c([2H])c2c(c1[2H])c1c([2H])c([2H])c3[c-]c1n2c1cccc(n1)c1cccc(c1)c1ccccc1c1cccc(-c2cccc(C(C)(C)C)c2)c1n1[cH-]n(c2[c-]c(ccc2)o3)-c2ccccc2-1.[Pt]. The van der Waals surface area contributed by atoms with E-state index in [4.69, 9.17) is 13.5 Å². The van der Waals surface area contributed by atoms with Gasteiger partial charge in [-0.1, -0.05) is 160 Å². The fourth-order valence-corrected chi connectivity index (χ4v) is 8.93. The van der Waals surface area contributed by atoms with Gasteiger partial charge in [0.2, 0.25) is 0 Å². The summed E-state index contributed by atoms with van der Waals surface area (Å²) in [5.74, 6) is 0. The minimum atomic E-state index is -0.441. The Balaban J connectivity index is 0.00000533.